The van der Waals surface area contributed by atoms with E-state index < -0.39 is 11.9 Å². The molecule has 7 aromatic rings. The normalized spacial score (nSPS) is 18.8. The number of thiazole rings is 1. The Labute approximate surface area is 419 Å². The van der Waals surface area contributed by atoms with Crippen molar-refractivity contribution in [2.75, 3.05) is 48.3 Å². The minimum atomic E-state index is -1.12. The molecule has 0 bridgehead atoms. The van der Waals surface area contributed by atoms with Gasteiger partial charge in [-0.2, -0.15) is 5.10 Å². The highest BCUT2D eigenvalue weighted by molar-refractivity contribution is 7.22. The van der Waals surface area contributed by atoms with Gasteiger partial charge in [0.05, 0.1) is 40.5 Å². The quantitative estimate of drug-likeness (QED) is 0.0638. The summed E-state index contributed by atoms with van der Waals surface area (Å²) >= 11 is 1.43. The number of aromatic nitrogens is 4. The topological polar surface area (TPSA) is 201 Å². The van der Waals surface area contributed by atoms with Gasteiger partial charge in [-0.25, -0.2) is 14.8 Å². The maximum Gasteiger partial charge on any atom is 0.355 e. The molecule has 366 valence electrons. The maximum atomic E-state index is 13.6. The van der Waals surface area contributed by atoms with Crippen LogP contribution in [0.25, 0.3) is 32.2 Å². The van der Waals surface area contributed by atoms with Crippen LogP contribution < -0.4 is 25.6 Å². The van der Waals surface area contributed by atoms with Gasteiger partial charge in [-0.3, -0.25) is 39.4 Å². The number of fused-ring (bicyclic) bond motifs is 3. The van der Waals surface area contributed by atoms with Gasteiger partial charge >= 0.3 is 5.97 Å². The number of piperidine rings is 2. The van der Waals surface area contributed by atoms with E-state index in [0.29, 0.717) is 84.4 Å². The van der Waals surface area contributed by atoms with Gasteiger partial charge in [-0.15, -0.1) is 0 Å². The number of carboxylic acids is 1. The first-order valence-corrected chi connectivity index (χ1v) is 25.3. The Hall–Kier alpha value is -7.76. The first-order chi connectivity index (χ1) is 34.9. The number of carboxylic acid groups (broad SMARTS) is 1. The standard InChI is InChI=1S/C55H53N9O7S/c1-31-24-37(71-30-35-26-34(35)25-32-18-21-63(22-19-32)29-49(66)56-36-10-12-41-45(27-36)62(2)61-50(41)42-15-17-48(65)59-53(42)68)11-13-38(31)39-14-16-47(58-51(39)54(69)70)64-23-20-33-6-5-7-40(43(33)28-64)52(67)60-55-57-44-8-3-4-9-46(44)72-55/h3-14,16,24-25,27,32,35,42H,15,17-23,26,28-30H2,1-2H3,(H,56,66)(H,69,70)(H,57,60,67)(H,59,65,68). The molecular formula is C55H53N9O7S. The lowest BCUT2D eigenvalue weighted by atomic mass is 9.93. The number of carbonyl (C=O) groups is 5. The van der Waals surface area contributed by atoms with Gasteiger partial charge < -0.3 is 20.1 Å². The number of amides is 4. The molecule has 4 amide bonds. The number of hydrogen-bond acceptors (Lipinski definition) is 12. The van der Waals surface area contributed by atoms with Crippen LogP contribution in [0.5, 0.6) is 5.75 Å². The lowest BCUT2D eigenvalue weighted by molar-refractivity contribution is -0.134. The van der Waals surface area contributed by atoms with Gasteiger partial charge in [0, 0.05) is 54.7 Å². The molecule has 3 fully saturated rings. The highest BCUT2D eigenvalue weighted by Crippen LogP contribution is 2.41. The van der Waals surface area contributed by atoms with E-state index in [4.69, 9.17) is 9.72 Å². The number of imide groups is 1. The molecule has 1 saturated carbocycles. The SMILES string of the molecule is Cc1cc(OCC2CC2=CC2CCN(CC(=O)Nc3ccc4c(C5CCC(=O)NC5=O)nn(C)c4c3)CC2)ccc1-c1ccc(N2CCc3cccc(C(=O)Nc4nc5ccccc5s4)c3C2)nc1C(=O)O. The molecule has 0 radical (unpaired) electrons. The summed E-state index contributed by atoms with van der Waals surface area (Å²) < 4.78 is 8.98. The smallest absolute Gasteiger partial charge is 0.355 e. The Balaban J connectivity index is 0.661. The van der Waals surface area contributed by atoms with Crippen LogP contribution in [-0.2, 0) is 34.4 Å². The summed E-state index contributed by atoms with van der Waals surface area (Å²) in [6.07, 6.45) is 6.72. The predicted molar refractivity (Wildman–Crippen MR) is 275 cm³/mol. The molecule has 72 heavy (non-hydrogen) atoms. The van der Waals surface area contributed by atoms with E-state index in [-0.39, 0.29) is 35.7 Å². The predicted octanol–water partition coefficient (Wildman–Crippen LogP) is 8.26. The number of pyridine rings is 1. The van der Waals surface area contributed by atoms with Gasteiger partial charge in [0.25, 0.3) is 5.91 Å². The van der Waals surface area contributed by atoms with Crippen molar-refractivity contribution >= 4 is 78.7 Å². The molecule has 2 atom stereocenters. The fraction of sp³-hybridized carbons (Fsp3) is 0.309. The average molecular weight is 984 g/mol. The highest BCUT2D eigenvalue weighted by atomic mass is 32.1. The Morgan fingerprint density at radius 2 is 1.74 bits per heavy atom. The van der Waals surface area contributed by atoms with E-state index in [0.717, 1.165) is 81.5 Å². The number of hydrogen-bond donors (Lipinski definition) is 4. The minimum Gasteiger partial charge on any atom is -0.493 e. The first-order valence-electron chi connectivity index (χ1n) is 24.4. The molecule has 11 rings (SSSR count). The van der Waals surface area contributed by atoms with Gasteiger partial charge in [0.1, 0.15) is 11.6 Å². The second kappa shape index (κ2) is 19.4. The van der Waals surface area contributed by atoms with Crippen LogP contribution in [0.15, 0.2) is 103 Å². The number of allylic oxidation sites excluding steroid dienone is 1. The van der Waals surface area contributed by atoms with Crippen molar-refractivity contribution in [1.29, 1.82) is 0 Å². The van der Waals surface area contributed by atoms with Crippen molar-refractivity contribution in [3.05, 3.63) is 136 Å². The lowest BCUT2D eigenvalue weighted by Gasteiger charge is -2.31. The fourth-order valence-corrected chi connectivity index (χ4v) is 11.3. The number of ether oxygens (including phenoxy) is 1. The van der Waals surface area contributed by atoms with Gasteiger partial charge in [-0.05, 0) is 141 Å². The van der Waals surface area contributed by atoms with Crippen molar-refractivity contribution in [1.82, 2.24) is 30.0 Å². The molecule has 4 N–H and O–H groups in total. The molecule has 3 aliphatic heterocycles. The number of carbonyl (C=O) groups excluding carboxylic acids is 4. The molecule has 17 heteroatoms. The Morgan fingerprint density at radius 3 is 2.54 bits per heavy atom. The largest absolute Gasteiger partial charge is 0.493 e. The molecule has 0 spiro atoms. The van der Waals surface area contributed by atoms with E-state index in [2.05, 4.69) is 37.0 Å². The van der Waals surface area contributed by atoms with Crippen molar-refractivity contribution in [3.63, 3.8) is 0 Å². The molecule has 4 aliphatic rings. The summed E-state index contributed by atoms with van der Waals surface area (Å²) in [5.41, 5.74) is 8.98. The van der Waals surface area contributed by atoms with Crippen LogP contribution >= 0.6 is 11.3 Å². The van der Waals surface area contributed by atoms with Gasteiger partial charge in [0.2, 0.25) is 17.7 Å². The summed E-state index contributed by atoms with van der Waals surface area (Å²) in [5.74, 6) is -0.461. The van der Waals surface area contributed by atoms with Crippen molar-refractivity contribution in [3.8, 4) is 16.9 Å². The summed E-state index contributed by atoms with van der Waals surface area (Å²) in [7, 11) is 1.81. The monoisotopic (exact) mass is 983 g/mol. The second-order valence-electron chi connectivity index (χ2n) is 19.3. The number of likely N-dealkylation sites (tertiary alicyclic amines) is 1. The molecule has 2 saturated heterocycles. The lowest BCUT2D eigenvalue weighted by Crippen LogP contribution is -2.39. The third kappa shape index (κ3) is 9.69. The van der Waals surface area contributed by atoms with E-state index in [1.165, 1.54) is 16.9 Å². The number of aryl methyl sites for hydroxylation is 2. The number of benzene rings is 4. The molecule has 4 aromatic carbocycles. The van der Waals surface area contributed by atoms with Crippen LogP contribution in [0.4, 0.5) is 16.6 Å². The molecule has 16 nitrogen and oxygen atoms in total. The summed E-state index contributed by atoms with van der Waals surface area (Å²) in [6.45, 7) is 5.49. The zero-order valence-corrected chi connectivity index (χ0v) is 40.8. The van der Waals surface area contributed by atoms with Crippen LogP contribution in [0.3, 0.4) is 0 Å². The highest BCUT2D eigenvalue weighted by Gasteiger charge is 2.34. The molecule has 1 aliphatic carbocycles. The Kier molecular flexibility index (Phi) is 12.6. The van der Waals surface area contributed by atoms with E-state index >= 15 is 0 Å². The van der Waals surface area contributed by atoms with Gasteiger partial charge in [-0.1, -0.05) is 53.3 Å². The molecule has 3 aromatic heterocycles. The van der Waals surface area contributed by atoms with Crippen LogP contribution in [0.2, 0.25) is 0 Å². The van der Waals surface area contributed by atoms with Crippen molar-refractivity contribution in [2.24, 2.45) is 18.9 Å². The summed E-state index contributed by atoms with van der Waals surface area (Å²) in [6, 6.07) is 28.5. The Morgan fingerprint density at radius 1 is 0.903 bits per heavy atom. The zero-order chi connectivity index (χ0) is 49.6. The molecular weight excluding hydrogens is 931 g/mol. The van der Waals surface area contributed by atoms with Crippen molar-refractivity contribution < 1.29 is 33.8 Å². The Bertz CT molecular complexity index is 3340. The summed E-state index contributed by atoms with van der Waals surface area (Å²) in [4.78, 5) is 77.2. The van der Waals surface area contributed by atoms with Crippen LogP contribution in [-0.4, -0.2) is 92.1 Å². The molecule has 2 unspecified atom stereocenters. The number of nitrogens with one attached hydrogen (secondary N) is 3. The number of anilines is 3. The number of aromatic carboxylic acids is 1. The van der Waals surface area contributed by atoms with Crippen molar-refractivity contribution in [2.45, 2.75) is 57.9 Å². The van der Waals surface area contributed by atoms with Crippen LogP contribution in [0, 0.1) is 18.8 Å². The number of rotatable bonds is 13. The third-order valence-corrected chi connectivity index (χ3v) is 15.4. The average Bonchev–Trinajstić information content (AvgIpc) is 3.85. The second-order valence-corrected chi connectivity index (χ2v) is 20.3. The number of nitrogens with zero attached hydrogens (tertiary/aromatic N) is 6. The molecule has 6 heterocycles. The van der Waals surface area contributed by atoms with E-state index in [1.807, 2.05) is 110 Å². The summed E-state index contributed by atoms with van der Waals surface area (Å²) in [5, 5.41) is 24.8. The maximum absolute atomic E-state index is 13.6. The van der Waals surface area contributed by atoms with Gasteiger partial charge in [0.15, 0.2) is 10.8 Å². The van der Waals surface area contributed by atoms with Crippen LogP contribution in [0.1, 0.15) is 81.3 Å². The fourth-order valence-electron chi connectivity index (χ4n) is 10.5. The minimum absolute atomic E-state index is 0.0395. The first kappa shape index (κ1) is 46.6. The number of para-hydroxylation sites is 1. The zero-order valence-electron chi connectivity index (χ0n) is 39.9. The van der Waals surface area contributed by atoms with E-state index in [9.17, 15) is 29.1 Å². The third-order valence-electron chi connectivity index (χ3n) is 14.4. The van der Waals surface area contributed by atoms with E-state index in [1.54, 1.807) is 4.68 Å².